The van der Waals surface area contributed by atoms with Crippen LogP contribution >= 0.6 is 0 Å². The number of fused-ring (bicyclic) bond motifs is 1. The molecular formula is C24H25N3O2. The summed E-state index contributed by atoms with van der Waals surface area (Å²) in [6, 6.07) is 12.3. The number of rotatable bonds is 4. The van der Waals surface area contributed by atoms with Crippen molar-refractivity contribution >= 4 is 5.78 Å². The Hall–Kier alpha value is -2.76. The van der Waals surface area contributed by atoms with E-state index in [4.69, 9.17) is 4.42 Å². The van der Waals surface area contributed by atoms with Crippen molar-refractivity contribution in [2.75, 3.05) is 33.2 Å². The molecule has 0 bridgehead atoms. The fraction of sp³-hybridized carbons (Fsp3) is 0.333. The van der Waals surface area contributed by atoms with E-state index in [0.717, 1.165) is 78.5 Å². The molecule has 3 heterocycles. The highest BCUT2D eigenvalue weighted by atomic mass is 16.3. The molecule has 5 nitrogen and oxygen atoms in total. The van der Waals surface area contributed by atoms with Crippen LogP contribution < -0.4 is 0 Å². The summed E-state index contributed by atoms with van der Waals surface area (Å²) < 4.78 is 6.41. The van der Waals surface area contributed by atoms with Crippen LogP contribution in [0.15, 0.2) is 53.2 Å². The number of pyridine rings is 1. The van der Waals surface area contributed by atoms with Gasteiger partial charge in [-0.15, -0.1) is 0 Å². The fourth-order valence-corrected chi connectivity index (χ4v) is 4.30. The Labute approximate surface area is 171 Å². The van der Waals surface area contributed by atoms with Crippen LogP contribution in [0.3, 0.4) is 0 Å². The van der Waals surface area contributed by atoms with E-state index in [1.54, 1.807) is 0 Å². The number of hydrogen-bond donors (Lipinski definition) is 0. The lowest BCUT2D eigenvalue weighted by Crippen LogP contribution is -2.43. The molecule has 1 aliphatic carbocycles. The second-order valence-electron chi connectivity index (χ2n) is 8.07. The van der Waals surface area contributed by atoms with Crippen LogP contribution in [-0.4, -0.2) is 53.8 Å². The Bertz CT molecular complexity index is 1030. The van der Waals surface area contributed by atoms with E-state index in [2.05, 4.69) is 34.0 Å². The lowest BCUT2D eigenvalue weighted by molar-refractivity contribution is 0.0994. The van der Waals surface area contributed by atoms with Gasteiger partial charge >= 0.3 is 0 Å². The Morgan fingerprint density at radius 3 is 2.52 bits per heavy atom. The standard InChI is InChI=1S/C24H25N3O2/c1-26-10-12-27(13-11-26)16-20-15-22(17-6-8-25-9-7-17)24(29-20)19-2-4-21-18(14-19)3-5-23(21)28/h2,4,6-9,14-15H,3,5,10-13,16H2,1H3. The first-order valence-corrected chi connectivity index (χ1v) is 10.3. The maximum Gasteiger partial charge on any atom is 0.163 e. The molecule has 0 amide bonds. The molecule has 1 aromatic carbocycles. The van der Waals surface area contributed by atoms with E-state index in [0.29, 0.717) is 6.42 Å². The zero-order valence-corrected chi connectivity index (χ0v) is 16.7. The van der Waals surface area contributed by atoms with Crippen molar-refractivity contribution in [2.24, 2.45) is 0 Å². The number of likely N-dealkylation sites (N-methyl/N-ethyl adjacent to an activating group) is 1. The van der Waals surface area contributed by atoms with Gasteiger partial charge in [-0.25, -0.2) is 0 Å². The first kappa shape index (κ1) is 18.3. The molecule has 148 valence electrons. The molecule has 0 N–H and O–H groups in total. The summed E-state index contributed by atoms with van der Waals surface area (Å²) in [6.45, 7) is 5.10. The number of piperazine rings is 1. The minimum atomic E-state index is 0.246. The van der Waals surface area contributed by atoms with Gasteiger partial charge < -0.3 is 9.32 Å². The van der Waals surface area contributed by atoms with Gasteiger partial charge in [-0.3, -0.25) is 14.7 Å². The van der Waals surface area contributed by atoms with Crippen molar-refractivity contribution in [2.45, 2.75) is 19.4 Å². The highest BCUT2D eigenvalue weighted by Gasteiger charge is 2.23. The minimum absolute atomic E-state index is 0.246. The summed E-state index contributed by atoms with van der Waals surface area (Å²) in [7, 11) is 2.17. The van der Waals surface area contributed by atoms with Crippen molar-refractivity contribution in [3.63, 3.8) is 0 Å². The average Bonchev–Trinajstić information content (AvgIpc) is 3.34. The number of ketones is 1. The van der Waals surface area contributed by atoms with E-state index in [9.17, 15) is 4.79 Å². The van der Waals surface area contributed by atoms with Crippen molar-refractivity contribution in [3.8, 4) is 22.5 Å². The molecule has 0 atom stereocenters. The first-order valence-electron chi connectivity index (χ1n) is 10.3. The number of nitrogens with zero attached hydrogens (tertiary/aromatic N) is 3. The number of carbonyl (C=O) groups is 1. The number of Topliss-reactive ketones (excluding diaryl/α,β-unsaturated/α-hetero) is 1. The Balaban J connectivity index is 1.51. The molecule has 1 aliphatic heterocycles. The van der Waals surface area contributed by atoms with Crippen LogP contribution in [0.2, 0.25) is 0 Å². The third-order valence-electron chi connectivity index (χ3n) is 6.04. The van der Waals surface area contributed by atoms with E-state index >= 15 is 0 Å². The highest BCUT2D eigenvalue weighted by molar-refractivity contribution is 6.01. The summed E-state index contributed by atoms with van der Waals surface area (Å²) in [5, 5.41) is 0. The Morgan fingerprint density at radius 2 is 1.72 bits per heavy atom. The molecule has 0 spiro atoms. The van der Waals surface area contributed by atoms with Crippen molar-refractivity contribution in [3.05, 3.63) is 65.7 Å². The SMILES string of the molecule is CN1CCN(Cc2cc(-c3ccncc3)c(-c3ccc4c(c3)CCC4=O)o2)CC1. The summed E-state index contributed by atoms with van der Waals surface area (Å²) in [6.07, 6.45) is 5.06. The Kier molecular flexibility index (Phi) is 4.78. The summed E-state index contributed by atoms with van der Waals surface area (Å²) in [5.41, 5.74) is 5.21. The number of carbonyl (C=O) groups excluding carboxylic acids is 1. The maximum absolute atomic E-state index is 12.0. The lowest BCUT2D eigenvalue weighted by atomic mass is 9.99. The second kappa shape index (κ2) is 7.58. The molecule has 0 radical (unpaired) electrons. The van der Waals surface area contributed by atoms with Gasteiger partial charge in [0.1, 0.15) is 11.5 Å². The van der Waals surface area contributed by atoms with Crippen LogP contribution in [0.4, 0.5) is 0 Å². The second-order valence-corrected chi connectivity index (χ2v) is 8.07. The molecule has 5 heteroatoms. The van der Waals surface area contributed by atoms with E-state index < -0.39 is 0 Å². The summed E-state index contributed by atoms with van der Waals surface area (Å²) in [4.78, 5) is 21.0. The summed E-state index contributed by atoms with van der Waals surface area (Å²) in [5.74, 6) is 2.10. The van der Waals surface area contributed by atoms with E-state index in [-0.39, 0.29) is 5.78 Å². The average molecular weight is 387 g/mol. The molecule has 29 heavy (non-hydrogen) atoms. The molecule has 5 rings (SSSR count). The predicted molar refractivity (Wildman–Crippen MR) is 113 cm³/mol. The van der Waals surface area contributed by atoms with Gasteiger partial charge in [0.2, 0.25) is 0 Å². The van der Waals surface area contributed by atoms with E-state index in [1.165, 1.54) is 0 Å². The van der Waals surface area contributed by atoms with Gasteiger partial charge in [-0.2, -0.15) is 0 Å². The van der Waals surface area contributed by atoms with Crippen LogP contribution in [-0.2, 0) is 13.0 Å². The van der Waals surface area contributed by atoms with Crippen LogP contribution in [0.1, 0.15) is 28.1 Å². The van der Waals surface area contributed by atoms with Crippen molar-refractivity contribution in [1.82, 2.24) is 14.8 Å². The van der Waals surface area contributed by atoms with Gasteiger partial charge in [-0.05, 0) is 48.9 Å². The first-order chi connectivity index (χ1) is 14.2. The topological polar surface area (TPSA) is 49.6 Å². The molecule has 2 aromatic heterocycles. The quantitative estimate of drug-likeness (QED) is 0.680. The lowest BCUT2D eigenvalue weighted by Gasteiger charge is -2.31. The summed E-state index contributed by atoms with van der Waals surface area (Å²) >= 11 is 0. The molecule has 1 saturated heterocycles. The van der Waals surface area contributed by atoms with Gasteiger partial charge in [0.05, 0.1) is 6.54 Å². The molecule has 3 aromatic rings. The van der Waals surface area contributed by atoms with E-state index in [1.807, 2.05) is 36.7 Å². The van der Waals surface area contributed by atoms with Gasteiger partial charge in [0, 0.05) is 61.7 Å². The van der Waals surface area contributed by atoms with Crippen molar-refractivity contribution < 1.29 is 9.21 Å². The minimum Gasteiger partial charge on any atom is -0.459 e. The van der Waals surface area contributed by atoms with Gasteiger partial charge in [-0.1, -0.05) is 12.1 Å². The number of aromatic nitrogens is 1. The largest absolute Gasteiger partial charge is 0.459 e. The normalized spacial score (nSPS) is 17.6. The highest BCUT2D eigenvalue weighted by Crippen LogP contribution is 2.37. The zero-order valence-electron chi connectivity index (χ0n) is 16.7. The van der Waals surface area contributed by atoms with Gasteiger partial charge in [0.15, 0.2) is 5.78 Å². The Morgan fingerprint density at radius 1 is 0.931 bits per heavy atom. The molecule has 0 unspecified atom stereocenters. The molecule has 0 saturated carbocycles. The van der Waals surface area contributed by atoms with Crippen LogP contribution in [0, 0.1) is 0 Å². The van der Waals surface area contributed by atoms with Gasteiger partial charge in [0.25, 0.3) is 0 Å². The molecule has 2 aliphatic rings. The maximum atomic E-state index is 12.0. The number of aryl methyl sites for hydroxylation is 1. The predicted octanol–water partition coefficient (Wildman–Crippen LogP) is 3.88. The van der Waals surface area contributed by atoms with Crippen molar-refractivity contribution in [1.29, 1.82) is 0 Å². The smallest absolute Gasteiger partial charge is 0.163 e. The zero-order chi connectivity index (χ0) is 19.8. The third-order valence-corrected chi connectivity index (χ3v) is 6.04. The number of hydrogen-bond acceptors (Lipinski definition) is 5. The number of furan rings is 1. The fourth-order valence-electron chi connectivity index (χ4n) is 4.30. The third kappa shape index (κ3) is 3.63. The van der Waals surface area contributed by atoms with Crippen LogP contribution in [0.25, 0.3) is 22.5 Å². The monoisotopic (exact) mass is 387 g/mol. The molecule has 1 fully saturated rings. The molecular weight excluding hydrogens is 362 g/mol. The number of benzene rings is 1. The van der Waals surface area contributed by atoms with Crippen LogP contribution in [0.5, 0.6) is 0 Å².